The number of ether oxygens (including phenoxy) is 1. The summed E-state index contributed by atoms with van der Waals surface area (Å²) in [4.78, 5) is 11.8. The minimum absolute atomic E-state index is 0.0696. The molecule has 1 atom stereocenters. The second-order valence-electron chi connectivity index (χ2n) is 6.52. The first-order chi connectivity index (χ1) is 13.2. The van der Waals surface area contributed by atoms with Crippen LogP contribution in [0.2, 0.25) is 0 Å². The van der Waals surface area contributed by atoms with Gasteiger partial charge in [-0.05, 0) is 43.7 Å². The summed E-state index contributed by atoms with van der Waals surface area (Å²) in [6.07, 6.45) is 1.89. The Morgan fingerprint density at radius 1 is 1.18 bits per heavy atom. The Labute approximate surface area is 165 Å². The van der Waals surface area contributed by atoms with Crippen LogP contribution in [0.1, 0.15) is 25.8 Å². The molecule has 0 radical (unpaired) electrons. The highest BCUT2D eigenvalue weighted by molar-refractivity contribution is 7.92. The third kappa shape index (κ3) is 6.23. The molecule has 0 aromatic heterocycles. The quantitative estimate of drug-likeness (QED) is 0.692. The van der Waals surface area contributed by atoms with Gasteiger partial charge in [0.15, 0.2) is 6.61 Å². The van der Waals surface area contributed by atoms with Gasteiger partial charge in [0.25, 0.3) is 5.91 Å². The number of rotatable bonds is 9. The molecule has 0 heterocycles. The standard InChI is InChI=1S/C20H25FN2O4S/c1-4-15(2)22-20(24)14-27-18-11-9-17(10-12-18)23(28(3,25)26)13-16-7-5-6-8-19(16)21/h5-12,15H,4,13-14H2,1-3H3,(H,22,24)/t15-/m1/s1. The number of carbonyl (C=O) groups excluding carboxylic acids is 1. The van der Waals surface area contributed by atoms with E-state index >= 15 is 0 Å². The van der Waals surface area contributed by atoms with Gasteiger partial charge in [0.1, 0.15) is 11.6 Å². The van der Waals surface area contributed by atoms with E-state index < -0.39 is 15.8 Å². The van der Waals surface area contributed by atoms with Crippen molar-refractivity contribution in [1.29, 1.82) is 0 Å². The lowest BCUT2D eigenvalue weighted by molar-refractivity contribution is -0.123. The van der Waals surface area contributed by atoms with E-state index in [2.05, 4.69) is 5.32 Å². The summed E-state index contributed by atoms with van der Waals surface area (Å²) in [6.45, 7) is 3.62. The Balaban J connectivity index is 2.10. The molecular formula is C20H25FN2O4S. The maximum Gasteiger partial charge on any atom is 0.258 e. The zero-order valence-corrected chi connectivity index (χ0v) is 17.0. The van der Waals surface area contributed by atoms with Gasteiger partial charge in [0.05, 0.1) is 18.5 Å². The summed E-state index contributed by atoms with van der Waals surface area (Å²) in [5.74, 6) is -0.262. The molecule has 6 nitrogen and oxygen atoms in total. The molecule has 0 saturated heterocycles. The monoisotopic (exact) mass is 408 g/mol. The molecule has 0 saturated carbocycles. The van der Waals surface area contributed by atoms with E-state index in [1.54, 1.807) is 42.5 Å². The molecule has 0 aliphatic rings. The van der Waals surface area contributed by atoms with Gasteiger partial charge in [0.2, 0.25) is 10.0 Å². The summed E-state index contributed by atoms with van der Waals surface area (Å²) in [5.41, 5.74) is 0.650. The molecule has 152 valence electrons. The van der Waals surface area contributed by atoms with Crippen LogP contribution in [-0.4, -0.2) is 33.2 Å². The predicted molar refractivity (Wildman–Crippen MR) is 107 cm³/mol. The summed E-state index contributed by atoms with van der Waals surface area (Å²) >= 11 is 0. The number of sulfonamides is 1. The maximum atomic E-state index is 13.9. The minimum Gasteiger partial charge on any atom is -0.484 e. The molecule has 2 aromatic carbocycles. The Morgan fingerprint density at radius 3 is 2.39 bits per heavy atom. The van der Waals surface area contributed by atoms with E-state index in [9.17, 15) is 17.6 Å². The van der Waals surface area contributed by atoms with Crippen LogP contribution in [-0.2, 0) is 21.4 Å². The van der Waals surface area contributed by atoms with Gasteiger partial charge >= 0.3 is 0 Å². The number of benzene rings is 2. The Hall–Kier alpha value is -2.61. The smallest absolute Gasteiger partial charge is 0.258 e. The third-order valence-corrected chi connectivity index (χ3v) is 5.33. The van der Waals surface area contributed by atoms with E-state index in [-0.39, 0.29) is 30.7 Å². The van der Waals surface area contributed by atoms with E-state index in [0.717, 1.165) is 17.0 Å². The van der Waals surface area contributed by atoms with E-state index in [1.165, 1.54) is 6.07 Å². The van der Waals surface area contributed by atoms with Crippen molar-refractivity contribution in [3.05, 3.63) is 59.9 Å². The third-order valence-electron chi connectivity index (χ3n) is 4.19. The zero-order valence-electron chi connectivity index (χ0n) is 16.2. The number of hydrogen-bond acceptors (Lipinski definition) is 4. The molecule has 0 aliphatic carbocycles. The molecule has 8 heteroatoms. The molecule has 28 heavy (non-hydrogen) atoms. The summed E-state index contributed by atoms with van der Waals surface area (Å²) < 4.78 is 44.9. The predicted octanol–water partition coefficient (Wildman–Crippen LogP) is 3.09. The van der Waals surface area contributed by atoms with Crippen LogP contribution in [0, 0.1) is 5.82 Å². The van der Waals surface area contributed by atoms with E-state index in [4.69, 9.17) is 4.74 Å². The van der Waals surface area contributed by atoms with Crippen molar-refractivity contribution in [2.75, 3.05) is 17.2 Å². The van der Waals surface area contributed by atoms with Gasteiger partial charge in [-0.1, -0.05) is 25.1 Å². The summed E-state index contributed by atoms with van der Waals surface area (Å²) in [5, 5.41) is 2.79. The topological polar surface area (TPSA) is 75.7 Å². The lowest BCUT2D eigenvalue weighted by atomic mass is 10.2. The second-order valence-corrected chi connectivity index (χ2v) is 8.43. The van der Waals surface area contributed by atoms with Crippen molar-refractivity contribution in [1.82, 2.24) is 5.32 Å². The van der Waals surface area contributed by atoms with Crippen LogP contribution in [0.4, 0.5) is 10.1 Å². The summed E-state index contributed by atoms with van der Waals surface area (Å²) in [6, 6.07) is 12.4. The number of hydrogen-bond donors (Lipinski definition) is 1. The van der Waals surface area contributed by atoms with Crippen LogP contribution in [0.25, 0.3) is 0 Å². The van der Waals surface area contributed by atoms with Crippen molar-refractivity contribution in [3.8, 4) is 5.75 Å². The van der Waals surface area contributed by atoms with E-state index in [0.29, 0.717) is 11.4 Å². The van der Waals surface area contributed by atoms with Crippen molar-refractivity contribution in [2.45, 2.75) is 32.9 Å². The van der Waals surface area contributed by atoms with Crippen molar-refractivity contribution >= 4 is 21.6 Å². The van der Waals surface area contributed by atoms with Crippen LogP contribution < -0.4 is 14.4 Å². The minimum atomic E-state index is -3.63. The van der Waals surface area contributed by atoms with Crippen molar-refractivity contribution in [3.63, 3.8) is 0 Å². The SMILES string of the molecule is CC[C@@H](C)NC(=O)COc1ccc(N(Cc2ccccc2F)S(C)(=O)=O)cc1. The largest absolute Gasteiger partial charge is 0.484 e. The fraction of sp³-hybridized carbons (Fsp3) is 0.350. The molecule has 2 aromatic rings. The van der Waals surface area contributed by atoms with Gasteiger partial charge in [-0.25, -0.2) is 12.8 Å². The average molecular weight is 408 g/mol. The van der Waals surface area contributed by atoms with Crippen LogP contribution in [0.3, 0.4) is 0 Å². The van der Waals surface area contributed by atoms with Gasteiger partial charge in [0, 0.05) is 11.6 Å². The lowest BCUT2D eigenvalue weighted by Crippen LogP contribution is -2.35. The average Bonchev–Trinajstić information content (AvgIpc) is 2.65. The van der Waals surface area contributed by atoms with Crippen LogP contribution in [0.5, 0.6) is 5.75 Å². The maximum absolute atomic E-state index is 13.9. The van der Waals surface area contributed by atoms with Gasteiger partial charge in [-0.2, -0.15) is 0 Å². The van der Waals surface area contributed by atoms with Crippen LogP contribution in [0.15, 0.2) is 48.5 Å². The highest BCUT2D eigenvalue weighted by Gasteiger charge is 2.19. The normalized spacial score (nSPS) is 12.3. The molecule has 2 rings (SSSR count). The molecular weight excluding hydrogens is 383 g/mol. The number of nitrogens with one attached hydrogen (secondary N) is 1. The number of carbonyl (C=O) groups is 1. The molecule has 1 amide bonds. The summed E-state index contributed by atoms with van der Waals surface area (Å²) in [7, 11) is -3.63. The van der Waals surface area contributed by atoms with E-state index in [1.807, 2.05) is 13.8 Å². The number of halogens is 1. The molecule has 0 aliphatic heterocycles. The lowest BCUT2D eigenvalue weighted by Gasteiger charge is -2.23. The highest BCUT2D eigenvalue weighted by Crippen LogP contribution is 2.24. The van der Waals surface area contributed by atoms with Crippen molar-refractivity contribution in [2.24, 2.45) is 0 Å². The fourth-order valence-electron chi connectivity index (χ4n) is 2.46. The fourth-order valence-corrected chi connectivity index (χ4v) is 3.34. The Kier molecular flexibility index (Phi) is 7.39. The van der Waals surface area contributed by atoms with Gasteiger partial charge < -0.3 is 10.1 Å². The van der Waals surface area contributed by atoms with Crippen LogP contribution >= 0.6 is 0 Å². The van der Waals surface area contributed by atoms with Gasteiger partial charge in [-0.3, -0.25) is 9.10 Å². The molecule has 0 fully saturated rings. The Bertz CT molecular complexity index is 901. The number of nitrogens with zero attached hydrogens (tertiary/aromatic N) is 1. The van der Waals surface area contributed by atoms with Gasteiger partial charge in [-0.15, -0.1) is 0 Å². The van der Waals surface area contributed by atoms with Crippen molar-refractivity contribution < 1.29 is 22.3 Å². The first kappa shape index (κ1) is 21.7. The second kappa shape index (κ2) is 9.54. The Morgan fingerprint density at radius 2 is 1.82 bits per heavy atom. The first-order valence-electron chi connectivity index (χ1n) is 8.94. The molecule has 1 N–H and O–H groups in total. The molecule has 0 bridgehead atoms. The highest BCUT2D eigenvalue weighted by atomic mass is 32.2. The number of amides is 1. The number of anilines is 1. The molecule has 0 spiro atoms. The molecule has 0 unspecified atom stereocenters. The first-order valence-corrected chi connectivity index (χ1v) is 10.8. The zero-order chi connectivity index (χ0) is 20.7.